The molecule has 1 saturated heterocycles. The fourth-order valence-electron chi connectivity index (χ4n) is 3.95. The minimum atomic E-state index is -0.325. The van der Waals surface area contributed by atoms with Crippen molar-refractivity contribution >= 4 is 52.2 Å². The number of carbonyl (C=O) groups excluding carboxylic acids is 2. The summed E-state index contributed by atoms with van der Waals surface area (Å²) in [6.45, 7) is 6.00. The second-order valence-corrected chi connectivity index (χ2v) is 10.3. The van der Waals surface area contributed by atoms with Crippen LogP contribution in [0.4, 0.5) is 10.5 Å². The molecule has 3 amide bonds. The van der Waals surface area contributed by atoms with E-state index in [4.69, 9.17) is 27.9 Å². The normalized spacial score (nSPS) is 16.2. The van der Waals surface area contributed by atoms with Crippen LogP contribution in [0.3, 0.4) is 0 Å². The average molecular weight is 543 g/mol. The number of methoxy groups -OCH3 is 1. The molecular formula is C24H33Cl2N5O3S. The van der Waals surface area contributed by atoms with Crippen LogP contribution in [0.25, 0.3) is 0 Å². The van der Waals surface area contributed by atoms with Crippen molar-refractivity contribution in [3.63, 3.8) is 0 Å². The first kappa shape index (κ1) is 27.7. The molecular weight excluding hydrogens is 509 g/mol. The number of thiazole rings is 1. The SMILES string of the molecule is COCCN(Cc1nc(C(=O)NCCCN2CCCCC2C)cs1)C(=O)Nc1ccc(Cl)c(Cl)c1. The number of ether oxygens (including phenoxy) is 1. The van der Waals surface area contributed by atoms with Crippen molar-refractivity contribution in [3.05, 3.63) is 44.3 Å². The van der Waals surface area contributed by atoms with E-state index < -0.39 is 0 Å². The maximum atomic E-state index is 12.9. The number of benzene rings is 1. The lowest BCUT2D eigenvalue weighted by atomic mass is 10.0. The Morgan fingerprint density at radius 1 is 1.29 bits per heavy atom. The average Bonchev–Trinajstić information content (AvgIpc) is 3.31. The van der Waals surface area contributed by atoms with Crippen LogP contribution in [0.15, 0.2) is 23.6 Å². The fraction of sp³-hybridized carbons (Fsp3) is 0.542. The first-order valence-corrected chi connectivity index (χ1v) is 13.5. The number of amides is 3. The molecule has 35 heavy (non-hydrogen) atoms. The van der Waals surface area contributed by atoms with Crippen molar-refractivity contribution in [2.24, 2.45) is 0 Å². The van der Waals surface area contributed by atoms with Gasteiger partial charge in [-0.3, -0.25) is 4.79 Å². The molecule has 1 atom stereocenters. The van der Waals surface area contributed by atoms with Gasteiger partial charge >= 0.3 is 6.03 Å². The molecule has 1 aromatic heterocycles. The first-order valence-electron chi connectivity index (χ1n) is 11.8. The van der Waals surface area contributed by atoms with E-state index in [1.807, 2.05) is 0 Å². The highest BCUT2D eigenvalue weighted by atomic mass is 35.5. The van der Waals surface area contributed by atoms with Gasteiger partial charge in [0.25, 0.3) is 5.91 Å². The van der Waals surface area contributed by atoms with Crippen LogP contribution < -0.4 is 10.6 Å². The van der Waals surface area contributed by atoms with E-state index in [0.717, 1.165) is 19.5 Å². The highest BCUT2D eigenvalue weighted by molar-refractivity contribution is 7.09. The number of hydrogen-bond donors (Lipinski definition) is 2. The van der Waals surface area contributed by atoms with Gasteiger partial charge in [-0.25, -0.2) is 9.78 Å². The third-order valence-electron chi connectivity index (χ3n) is 5.98. The minimum Gasteiger partial charge on any atom is -0.383 e. The molecule has 1 fully saturated rings. The van der Waals surface area contributed by atoms with Gasteiger partial charge in [-0.05, 0) is 50.9 Å². The highest BCUT2D eigenvalue weighted by Crippen LogP contribution is 2.25. The molecule has 1 aliphatic rings. The van der Waals surface area contributed by atoms with Gasteiger partial charge in [0.15, 0.2) is 0 Å². The van der Waals surface area contributed by atoms with E-state index in [-0.39, 0.29) is 18.5 Å². The van der Waals surface area contributed by atoms with Crippen molar-refractivity contribution < 1.29 is 14.3 Å². The molecule has 1 aliphatic heterocycles. The fourth-order valence-corrected chi connectivity index (χ4v) is 5.03. The zero-order valence-corrected chi connectivity index (χ0v) is 22.5. The van der Waals surface area contributed by atoms with Gasteiger partial charge in [0.05, 0.1) is 23.2 Å². The van der Waals surface area contributed by atoms with Gasteiger partial charge < -0.3 is 25.2 Å². The number of likely N-dealkylation sites (tertiary alicyclic amines) is 1. The Morgan fingerprint density at radius 2 is 2.11 bits per heavy atom. The van der Waals surface area contributed by atoms with Gasteiger partial charge in [0.1, 0.15) is 10.7 Å². The standard InChI is InChI=1S/C24H33Cl2N5O3S/c1-17-6-3-4-10-30(17)11-5-9-27-23(32)21-16-35-22(29-21)15-31(12-13-34-2)24(33)28-18-7-8-19(25)20(26)14-18/h7-8,14,16-17H,3-6,9-13,15H2,1-2H3,(H,27,32)(H,28,33). The third-order valence-corrected chi connectivity index (χ3v) is 7.55. The maximum Gasteiger partial charge on any atom is 0.322 e. The number of aromatic nitrogens is 1. The molecule has 0 bridgehead atoms. The van der Waals surface area contributed by atoms with Crippen LogP contribution in [0.1, 0.15) is 48.1 Å². The van der Waals surface area contributed by atoms with Crippen molar-refractivity contribution in [1.82, 2.24) is 20.1 Å². The Hall–Kier alpha value is -1.91. The zero-order chi connectivity index (χ0) is 25.2. The number of nitrogens with zero attached hydrogens (tertiary/aromatic N) is 3. The molecule has 2 heterocycles. The Bertz CT molecular complexity index is 990. The van der Waals surface area contributed by atoms with E-state index in [1.165, 1.54) is 30.6 Å². The Labute approximate surface area is 220 Å². The van der Waals surface area contributed by atoms with E-state index in [9.17, 15) is 9.59 Å². The lowest BCUT2D eigenvalue weighted by Crippen LogP contribution is -2.39. The Morgan fingerprint density at radius 3 is 2.86 bits per heavy atom. The molecule has 11 heteroatoms. The molecule has 0 saturated carbocycles. The number of nitrogens with one attached hydrogen (secondary N) is 2. The summed E-state index contributed by atoms with van der Waals surface area (Å²) in [6, 6.07) is 5.19. The van der Waals surface area contributed by atoms with E-state index in [2.05, 4.69) is 27.4 Å². The molecule has 1 unspecified atom stereocenters. The van der Waals surface area contributed by atoms with Gasteiger partial charge in [-0.15, -0.1) is 11.3 Å². The molecule has 0 aliphatic carbocycles. The van der Waals surface area contributed by atoms with Crippen LogP contribution >= 0.6 is 34.5 Å². The molecule has 192 valence electrons. The lowest BCUT2D eigenvalue weighted by molar-refractivity contribution is 0.0944. The maximum absolute atomic E-state index is 12.9. The van der Waals surface area contributed by atoms with E-state index in [1.54, 1.807) is 35.6 Å². The Balaban J connectivity index is 1.51. The number of halogens is 2. The van der Waals surface area contributed by atoms with Gasteiger partial charge in [0, 0.05) is 43.9 Å². The second-order valence-electron chi connectivity index (χ2n) is 8.59. The third kappa shape index (κ3) is 8.61. The van der Waals surface area contributed by atoms with Gasteiger partial charge in [-0.1, -0.05) is 29.6 Å². The summed E-state index contributed by atoms with van der Waals surface area (Å²) in [6.07, 6.45) is 4.72. The molecule has 2 N–H and O–H groups in total. The summed E-state index contributed by atoms with van der Waals surface area (Å²) in [5, 5.41) is 8.93. The van der Waals surface area contributed by atoms with Crippen molar-refractivity contribution in [2.75, 3.05) is 45.2 Å². The van der Waals surface area contributed by atoms with Crippen LogP contribution in [0.5, 0.6) is 0 Å². The summed E-state index contributed by atoms with van der Waals surface area (Å²) < 4.78 is 5.15. The summed E-state index contributed by atoms with van der Waals surface area (Å²) >= 11 is 13.3. The quantitative estimate of drug-likeness (QED) is 0.385. The number of piperidine rings is 1. The van der Waals surface area contributed by atoms with Crippen molar-refractivity contribution in [3.8, 4) is 0 Å². The van der Waals surface area contributed by atoms with Gasteiger partial charge in [0.2, 0.25) is 0 Å². The highest BCUT2D eigenvalue weighted by Gasteiger charge is 2.19. The number of carbonyl (C=O) groups is 2. The zero-order valence-electron chi connectivity index (χ0n) is 20.2. The predicted octanol–water partition coefficient (Wildman–Crippen LogP) is 5.12. The molecule has 0 spiro atoms. The molecule has 0 radical (unpaired) electrons. The lowest BCUT2D eigenvalue weighted by Gasteiger charge is -2.33. The molecule has 8 nitrogen and oxygen atoms in total. The number of anilines is 1. The summed E-state index contributed by atoms with van der Waals surface area (Å²) in [4.78, 5) is 33.9. The van der Waals surface area contributed by atoms with Crippen molar-refractivity contribution in [1.29, 1.82) is 0 Å². The predicted molar refractivity (Wildman–Crippen MR) is 142 cm³/mol. The first-order chi connectivity index (χ1) is 16.9. The smallest absolute Gasteiger partial charge is 0.322 e. The number of rotatable bonds is 11. The van der Waals surface area contributed by atoms with Crippen LogP contribution in [-0.4, -0.2) is 72.7 Å². The Kier molecular flexibility index (Phi) is 11.1. The number of hydrogen-bond acceptors (Lipinski definition) is 6. The van der Waals surface area contributed by atoms with E-state index >= 15 is 0 Å². The molecule has 2 aromatic rings. The number of urea groups is 1. The summed E-state index contributed by atoms with van der Waals surface area (Å²) in [5.41, 5.74) is 0.901. The topological polar surface area (TPSA) is 86.8 Å². The minimum absolute atomic E-state index is 0.192. The van der Waals surface area contributed by atoms with Gasteiger partial charge in [-0.2, -0.15) is 0 Å². The largest absolute Gasteiger partial charge is 0.383 e. The molecule has 3 rings (SSSR count). The summed E-state index contributed by atoms with van der Waals surface area (Å²) in [7, 11) is 1.58. The summed E-state index contributed by atoms with van der Waals surface area (Å²) in [5.74, 6) is -0.192. The molecule has 1 aromatic carbocycles. The monoisotopic (exact) mass is 541 g/mol. The van der Waals surface area contributed by atoms with E-state index in [0.29, 0.717) is 52.2 Å². The van der Waals surface area contributed by atoms with Crippen LogP contribution in [0.2, 0.25) is 10.0 Å². The van der Waals surface area contributed by atoms with Crippen LogP contribution in [0, 0.1) is 0 Å². The van der Waals surface area contributed by atoms with Crippen LogP contribution in [-0.2, 0) is 11.3 Å². The second kappa shape index (κ2) is 14.0. The van der Waals surface area contributed by atoms with Crippen molar-refractivity contribution in [2.45, 2.75) is 45.2 Å².